The first kappa shape index (κ1) is 10.7. The van der Waals surface area contributed by atoms with Gasteiger partial charge in [0.2, 0.25) is 0 Å². The summed E-state index contributed by atoms with van der Waals surface area (Å²) >= 11 is 1.97. The number of ether oxygens (including phenoxy) is 2. The van der Waals surface area contributed by atoms with Crippen molar-refractivity contribution in [2.24, 2.45) is 0 Å². The predicted molar refractivity (Wildman–Crippen MR) is 58.9 cm³/mol. The summed E-state index contributed by atoms with van der Waals surface area (Å²) in [5.41, 5.74) is 0. The average Bonchev–Trinajstić information content (AvgIpc) is 2.72. The second-order valence-electron chi connectivity index (χ2n) is 3.87. The number of hydrogen-bond acceptors (Lipinski definition) is 4. The standard InChI is InChI=1S/C10H19NO2S/c1-2-9(12-4-1)7-14-8-10-6-11-3-5-13-10/h9-11H,1-8H2. The number of hydrogen-bond donors (Lipinski definition) is 1. The summed E-state index contributed by atoms with van der Waals surface area (Å²) in [6, 6.07) is 0. The highest BCUT2D eigenvalue weighted by Crippen LogP contribution is 2.18. The molecule has 2 saturated heterocycles. The van der Waals surface area contributed by atoms with Crippen molar-refractivity contribution in [2.75, 3.05) is 37.8 Å². The largest absolute Gasteiger partial charge is 0.377 e. The lowest BCUT2D eigenvalue weighted by molar-refractivity contribution is 0.0439. The van der Waals surface area contributed by atoms with Crippen LogP contribution in [0.3, 0.4) is 0 Å². The zero-order valence-corrected chi connectivity index (χ0v) is 9.35. The first-order valence-corrected chi connectivity index (χ1v) is 6.62. The number of nitrogens with one attached hydrogen (secondary N) is 1. The molecule has 0 aromatic rings. The Bertz CT molecular complexity index is 156. The molecule has 14 heavy (non-hydrogen) atoms. The summed E-state index contributed by atoms with van der Waals surface area (Å²) in [6.45, 7) is 3.85. The number of morpholine rings is 1. The molecule has 4 heteroatoms. The molecule has 0 aromatic heterocycles. The van der Waals surface area contributed by atoms with Crippen molar-refractivity contribution in [2.45, 2.75) is 25.0 Å². The molecule has 0 saturated carbocycles. The van der Waals surface area contributed by atoms with Gasteiger partial charge in [-0.1, -0.05) is 0 Å². The number of rotatable bonds is 4. The Balaban J connectivity index is 1.52. The van der Waals surface area contributed by atoms with E-state index >= 15 is 0 Å². The van der Waals surface area contributed by atoms with Crippen molar-refractivity contribution in [3.05, 3.63) is 0 Å². The third-order valence-electron chi connectivity index (χ3n) is 2.64. The molecule has 2 unspecified atom stereocenters. The Kier molecular flexibility index (Phi) is 4.57. The summed E-state index contributed by atoms with van der Waals surface area (Å²) in [5.74, 6) is 2.24. The Morgan fingerprint density at radius 2 is 2.00 bits per heavy atom. The van der Waals surface area contributed by atoms with Crippen molar-refractivity contribution in [3.8, 4) is 0 Å². The minimum Gasteiger partial charge on any atom is -0.377 e. The molecule has 3 nitrogen and oxygen atoms in total. The van der Waals surface area contributed by atoms with Gasteiger partial charge in [0.15, 0.2) is 0 Å². The van der Waals surface area contributed by atoms with E-state index in [4.69, 9.17) is 9.47 Å². The Hall–Kier alpha value is 0.230. The van der Waals surface area contributed by atoms with Gasteiger partial charge < -0.3 is 14.8 Å². The molecule has 0 bridgehead atoms. The molecule has 2 atom stereocenters. The lowest BCUT2D eigenvalue weighted by Crippen LogP contribution is -2.40. The van der Waals surface area contributed by atoms with Gasteiger partial charge in [0.25, 0.3) is 0 Å². The molecule has 2 rings (SSSR count). The zero-order chi connectivity index (χ0) is 9.64. The highest BCUT2D eigenvalue weighted by Gasteiger charge is 2.17. The van der Waals surface area contributed by atoms with Gasteiger partial charge in [-0.25, -0.2) is 0 Å². The zero-order valence-electron chi connectivity index (χ0n) is 8.54. The van der Waals surface area contributed by atoms with Crippen LogP contribution < -0.4 is 5.32 Å². The fourth-order valence-electron chi connectivity index (χ4n) is 1.83. The van der Waals surface area contributed by atoms with E-state index in [0.717, 1.165) is 37.8 Å². The average molecular weight is 217 g/mol. The van der Waals surface area contributed by atoms with Gasteiger partial charge >= 0.3 is 0 Å². The monoisotopic (exact) mass is 217 g/mol. The van der Waals surface area contributed by atoms with Crippen LogP contribution in [0.5, 0.6) is 0 Å². The van der Waals surface area contributed by atoms with Crippen LogP contribution in [0.1, 0.15) is 12.8 Å². The second-order valence-corrected chi connectivity index (χ2v) is 4.94. The Morgan fingerprint density at radius 3 is 2.71 bits per heavy atom. The van der Waals surface area contributed by atoms with Gasteiger partial charge in [-0.2, -0.15) is 11.8 Å². The van der Waals surface area contributed by atoms with Crippen molar-refractivity contribution >= 4 is 11.8 Å². The maximum absolute atomic E-state index is 5.62. The normalized spacial score (nSPS) is 33.4. The maximum Gasteiger partial charge on any atom is 0.0790 e. The molecule has 2 heterocycles. The molecule has 0 spiro atoms. The fourth-order valence-corrected chi connectivity index (χ4v) is 2.97. The van der Waals surface area contributed by atoms with Crippen LogP contribution >= 0.6 is 11.8 Å². The third kappa shape index (κ3) is 3.42. The van der Waals surface area contributed by atoms with Gasteiger partial charge in [0.05, 0.1) is 18.8 Å². The minimum atomic E-state index is 0.412. The van der Waals surface area contributed by atoms with Crippen LogP contribution in [-0.2, 0) is 9.47 Å². The van der Waals surface area contributed by atoms with E-state index in [0.29, 0.717) is 12.2 Å². The van der Waals surface area contributed by atoms with Gasteiger partial charge in [-0.15, -0.1) is 0 Å². The SMILES string of the molecule is C1COC(CSCC2CNCCO2)C1. The van der Waals surface area contributed by atoms with E-state index in [9.17, 15) is 0 Å². The maximum atomic E-state index is 5.62. The van der Waals surface area contributed by atoms with Gasteiger partial charge in [-0.3, -0.25) is 0 Å². The summed E-state index contributed by atoms with van der Waals surface area (Å²) in [4.78, 5) is 0. The summed E-state index contributed by atoms with van der Waals surface area (Å²) in [5, 5.41) is 3.34. The van der Waals surface area contributed by atoms with Gasteiger partial charge in [0.1, 0.15) is 0 Å². The van der Waals surface area contributed by atoms with Crippen LogP contribution in [-0.4, -0.2) is 50.0 Å². The van der Waals surface area contributed by atoms with Crippen LogP contribution in [0.15, 0.2) is 0 Å². The van der Waals surface area contributed by atoms with Crippen LogP contribution in [0, 0.1) is 0 Å². The lowest BCUT2D eigenvalue weighted by Gasteiger charge is -2.23. The predicted octanol–water partition coefficient (Wildman–Crippen LogP) is 0.887. The first-order valence-electron chi connectivity index (χ1n) is 5.47. The van der Waals surface area contributed by atoms with Crippen molar-refractivity contribution in [1.82, 2.24) is 5.32 Å². The summed E-state index contributed by atoms with van der Waals surface area (Å²) < 4.78 is 11.2. The van der Waals surface area contributed by atoms with Gasteiger partial charge in [0, 0.05) is 31.2 Å². The van der Waals surface area contributed by atoms with E-state index in [1.807, 2.05) is 11.8 Å². The van der Waals surface area contributed by atoms with E-state index in [1.165, 1.54) is 12.8 Å². The van der Waals surface area contributed by atoms with E-state index in [2.05, 4.69) is 5.32 Å². The Morgan fingerprint density at radius 1 is 1.14 bits per heavy atom. The molecule has 0 aromatic carbocycles. The molecule has 82 valence electrons. The molecular weight excluding hydrogens is 198 g/mol. The van der Waals surface area contributed by atoms with Crippen molar-refractivity contribution in [3.63, 3.8) is 0 Å². The molecule has 1 N–H and O–H groups in total. The van der Waals surface area contributed by atoms with Gasteiger partial charge in [-0.05, 0) is 12.8 Å². The molecule has 2 fully saturated rings. The molecule has 0 amide bonds. The van der Waals surface area contributed by atoms with Crippen molar-refractivity contribution < 1.29 is 9.47 Å². The molecule has 0 radical (unpaired) electrons. The quantitative estimate of drug-likeness (QED) is 0.757. The topological polar surface area (TPSA) is 30.5 Å². The molecular formula is C10H19NO2S. The molecule has 2 aliphatic heterocycles. The summed E-state index contributed by atoms with van der Waals surface area (Å²) in [6.07, 6.45) is 3.41. The van der Waals surface area contributed by atoms with Crippen LogP contribution in [0.25, 0.3) is 0 Å². The van der Waals surface area contributed by atoms with E-state index in [-0.39, 0.29) is 0 Å². The first-order chi connectivity index (χ1) is 6.95. The summed E-state index contributed by atoms with van der Waals surface area (Å²) in [7, 11) is 0. The van der Waals surface area contributed by atoms with Crippen LogP contribution in [0.2, 0.25) is 0 Å². The van der Waals surface area contributed by atoms with Crippen molar-refractivity contribution in [1.29, 1.82) is 0 Å². The second kappa shape index (κ2) is 5.95. The molecule has 2 aliphatic rings. The number of thioether (sulfide) groups is 1. The third-order valence-corrected chi connectivity index (χ3v) is 3.85. The highest BCUT2D eigenvalue weighted by atomic mass is 32.2. The highest BCUT2D eigenvalue weighted by molar-refractivity contribution is 7.99. The lowest BCUT2D eigenvalue weighted by atomic mass is 10.3. The smallest absolute Gasteiger partial charge is 0.0790 e. The fraction of sp³-hybridized carbons (Fsp3) is 1.00. The van der Waals surface area contributed by atoms with E-state index < -0.39 is 0 Å². The van der Waals surface area contributed by atoms with E-state index in [1.54, 1.807) is 0 Å². The molecule has 0 aliphatic carbocycles. The Labute approximate surface area is 89.9 Å². The minimum absolute atomic E-state index is 0.412. The van der Waals surface area contributed by atoms with Crippen LogP contribution in [0.4, 0.5) is 0 Å².